The average Bonchev–Trinajstić information content (AvgIpc) is 2.67. The van der Waals surface area contributed by atoms with Crippen LogP contribution in [0.4, 0.5) is 0 Å². The van der Waals surface area contributed by atoms with Crippen LogP contribution in [0.25, 0.3) is 11.0 Å². The van der Waals surface area contributed by atoms with Crippen LogP contribution in [0, 0.1) is 0 Å². The van der Waals surface area contributed by atoms with Crippen molar-refractivity contribution in [2.75, 3.05) is 7.05 Å². The Hall–Kier alpha value is -1.62. The summed E-state index contributed by atoms with van der Waals surface area (Å²) in [6.45, 7) is 0. The van der Waals surface area contributed by atoms with Gasteiger partial charge in [-0.25, -0.2) is 4.98 Å². The van der Waals surface area contributed by atoms with E-state index in [1.807, 2.05) is 18.0 Å². The molecule has 0 N–H and O–H groups in total. The molecule has 2 aliphatic rings. The van der Waals surface area contributed by atoms with Gasteiger partial charge in [0, 0.05) is 18.6 Å². The number of carbonyl (C=O) groups excluding carboxylic acids is 1. The SMILES string of the molecule is CN1C(=O)c2cc3cnc(Cl)nc3n2C2CCCCCC21. The topological polar surface area (TPSA) is 51.0 Å². The first-order valence-electron chi connectivity index (χ1n) is 7.47. The number of hydrogen-bond acceptors (Lipinski definition) is 3. The zero-order chi connectivity index (χ0) is 14.6. The molecule has 0 aromatic carbocycles. The molecular weight excluding hydrogens is 288 g/mol. The van der Waals surface area contributed by atoms with Crippen LogP contribution in [0.3, 0.4) is 0 Å². The van der Waals surface area contributed by atoms with Crippen LogP contribution in [0.5, 0.6) is 0 Å². The molecule has 1 fully saturated rings. The number of nitrogens with zero attached hydrogens (tertiary/aromatic N) is 4. The van der Waals surface area contributed by atoms with E-state index in [0.29, 0.717) is 11.7 Å². The van der Waals surface area contributed by atoms with Gasteiger partial charge in [0.1, 0.15) is 11.3 Å². The van der Waals surface area contributed by atoms with Crippen molar-refractivity contribution < 1.29 is 4.79 Å². The minimum absolute atomic E-state index is 0.0762. The number of fused-ring (bicyclic) bond motifs is 5. The highest BCUT2D eigenvalue weighted by Gasteiger charge is 2.39. The molecule has 1 aliphatic carbocycles. The molecule has 6 heteroatoms. The molecule has 4 rings (SSSR count). The summed E-state index contributed by atoms with van der Waals surface area (Å²) in [5, 5.41) is 1.13. The molecule has 0 radical (unpaired) electrons. The van der Waals surface area contributed by atoms with Gasteiger partial charge >= 0.3 is 0 Å². The summed E-state index contributed by atoms with van der Waals surface area (Å²) in [4.78, 5) is 23.0. The third-order valence-corrected chi connectivity index (χ3v) is 5.04. The van der Waals surface area contributed by atoms with Gasteiger partial charge in [0.15, 0.2) is 0 Å². The van der Waals surface area contributed by atoms with Crippen molar-refractivity contribution in [1.82, 2.24) is 19.4 Å². The molecule has 1 saturated carbocycles. The summed E-state index contributed by atoms with van der Waals surface area (Å²) >= 11 is 5.96. The van der Waals surface area contributed by atoms with Gasteiger partial charge in [-0.3, -0.25) is 4.79 Å². The van der Waals surface area contributed by atoms with Crippen LogP contribution in [-0.2, 0) is 0 Å². The van der Waals surface area contributed by atoms with E-state index in [1.165, 1.54) is 19.3 Å². The summed E-state index contributed by atoms with van der Waals surface area (Å²) in [6.07, 6.45) is 7.46. The number of hydrogen-bond donors (Lipinski definition) is 0. The second kappa shape index (κ2) is 4.70. The predicted molar refractivity (Wildman–Crippen MR) is 80.5 cm³/mol. The van der Waals surface area contributed by atoms with Crippen LogP contribution >= 0.6 is 11.6 Å². The maximum absolute atomic E-state index is 12.7. The fourth-order valence-electron chi connectivity index (χ4n) is 3.84. The van der Waals surface area contributed by atoms with Crippen LogP contribution in [-0.4, -0.2) is 38.4 Å². The summed E-state index contributed by atoms with van der Waals surface area (Å²) in [6, 6.07) is 2.46. The molecule has 110 valence electrons. The van der Waals surface area contributed by atoms with Crippen molar-refractivity contribution in [3.05, 3.63) is 23.2 Å². The fraction of sp³-hybridized carbons (Fsp3) is 0.533. The van der Waals surface area contributed by atoms with Crippen LogP contribution in [0.2, 0.25) is 5.28 Å². The second-order valence-corrected chi connectivity index (χ2v) is 6.34. The standard InChI is InChI=1S/C15H17ClN4O/c1-19-10-5-3-2-4-6-11(10)20-12(14(19)21)7-9-8-17-15(16)18-13(9)20/h7-8,10-11H,2-6H2,1H3. The molecule has 3 heterocycles. The second-order valence-electron chi connectivity index (χ2n) is 6.01. The Balaban J connectivity index is 1.97. The third-order valence-electron chi connectivity index (χ3n) is 4.86. The van der Waals surface area contributed by atoms with E-state index in [0.717, 1.165) is 23.9 Å². The Bertz CT molecular complexity index is 726. The minimum atomic E-state index is 0.0762. The highest BCUT2D eigenvalue weighted by atomic mass is 35.5. The van der Waals surface area contributed by atoms with E-state index < -0.39 is 0 Å². The van der Waals surface area contributed by atoms with Crippen molar-refractivity contribution >= 4 is 28.5 Å². The zero-order valence-electron chi connectivity index (χ0n) is 11.9. The van der Waals surface area contributed by atoms with Gasteiger partial charge in [0.25, 0.3) is 5.91 Å². The average molecular weight is 305 g/mol. The molecule has 2 unspecified atom stereocenters. The highest BCUT2D eigenvalue weighted by molar-refractivity contribution is 6.28. The van der Waals surface area contributed by atoms with E-state index in [9.17, 15) is 4.79 Å². The smallest absolute Gasteiger partial charge is 0.270 e. The third kappa shape index (κ3) is 1.87. The maximum atomic E-state index is 12.7. The van der Waals surface area contributed by atoms with Crippen molar-refractivity contribution in [3.8, 4) is 0 Å². The quantitative estimate of drug-likeness (QED) is 0.703. The summed E-state index contributed by atoms with van der Waals surface area (Å²) in [7, 11) is 1.92. The predicted octanol–water partition coefficient (Wildman–Crippen LogP) is 3.04. The summed E-state index contributed by atoms with van der Waals surface area (Å²) in [5.74, 6) is 0.0762. The number of rotatable bonds is 0. The number of amides is 1. The lowest BCUT2D eigenvalue weighted by molar-refractivity contribution is 0.0586. The van der Waals surface area contributed by atoms with Gasteiger partial charge in [-0.1, -0.05) is 19.3 Å². The molecule has 1 amide bonds. The lowest BCUT2D eigenvalue weighted by Gasteiger charge is -2.39. The van der Waals surface area contributed by atoms with E-state index in [-0.39, 0.29) is 17.2 Å². The lowest BCUT2D eigenvalue weighted by atomic mass is 9.98. The Kier molecular flexibility index (Phi) is 2.92. The van der Waals surface area contributed by atoms with Crippen molar-refractivity contribution in [1.29, 1.82) is 0 Å². The molecule has 1 aliphatic heterocycles. The first kappa shape index (κ1) is 13.1. The molecule has 0 spiro atoms. The Morgan fingerprint density at radius 2 is 2.00 bits per heavy atom. The Morgan fingerprint density at radius 3 is 2.81 bits per heavy atom. The molecule has 0 bridgehead atoms. The molecular formula is C15H17ClN4O. The largest absolute Gasteiger partial charge is 0.335 e. The summed E-state index contributed by atoms with van der Waals surface area (Å²) < 4.78 is 2.11. The molecule has 5 nitrogen and oxygen atoms in total. The Labute approximate surface area is 127 Å². The van der Waals surface area contributed by atoms with Gasteiger partial charge in [0.05, 0.1) is 12.1 Å². The van der Waals surface area contributed by atoms with E-state index in [1.54, 1.807) is 6.20 Å². The van der Waals surface area contributed by atoms with Gasteiger partial charge < -0.3 is 9.47 Å². The number of halogens is 1. The molecule has 2 atom stereocenters. The maximum Gasteiger partial charge on any atom is 0.270 e. The normalized spacial score (nSPS) is 25.6. The van der Waals surface area contributed by atoms with Crippen molar-refractivity contribution in [3.63, 3.8) is 0 Å². The first-order valence-corrected chi connectivity index (χ1v) is 7.85. The van der Waals surface area contributed by atoms with Crippen molar-refractivity contribution in [2.45, 2.75) is 44.2 Å². The molecule has 2 aromatic heterocycles. The lowest BCUT2D eigenvalue weighted by Crippen LogP contribution is -2.48. The van der Waals surface area contributed by atoms with Crippen LogP contribution in [0.1, 0.15) is 48.6 Å². The molecule has 21 heavy (non-hydrogen) atoms. The van der Waals surface area contributed by atoms with Crippen molar-refractivity contribution in [2.24, 2.45) is 0 Å². The summed E-state index contributed by atoms with van der Waals surface area (Å²) in [5.41, 5.74) is 1.51. The number of likely N-dealkylation sites (N-methyl/N-ethyl adjacent to an activating group) is 1. The van der Waals surface area contributed by atoms with E-state index in [2.05, 4.69) is 14.5 Å². The first-order chi connectivity index (χ1) is 10.2. The van der Waals surface area contributed by atoms with Gasteiger partial charge in [-0.05, 0) is 30.5 Å². The zero-order valence-corrected chi connectivity index (χ0v) is 12.7. The monoisotopic (exact) mass is 304 g/mol. The molecule has 0 saturated heterocycles. The number of aromatic nitrogens is 3. The van der Waals surface area contributed by atoms with Crippen LogP contribution < -0.4 is 0 Å². The fourth-order valence-corrected chi connectivity index (χ4v) is 3.97. The van der Waals surface area contributed by atoms with Gasteiger partial charge in [0.2, 0.25) is 5.28 Å². The number of carbonyl (C=O) groups is 1. The highest BCUT2D eigenvalue weighted by Crippen LogP contribution is 2.38. The van der Waals surface area contributed by atoms with E-state index in [4.69, 9.17) is 11.6 Å². The van der Waals surface area contributed by atoms with Gasteiger partial charge in [-0.2, -0.15) is 4.98 Å². The molecule has 2 aromatic rings. The van der Waals surface area contributed by atoms with Crippen LogP contribution in [0.15, 0.2) is 12.3 Å². The minimum Gasteiger partial charge on any atom is -0.335 e. The Morgan fingerprint density at radius 1 is 1.24 bits per heavy atom. The van der Waals surface area contributed by atoms with Gasteiger partial charge in [-0.15, -0.1) is 0 Å². The van der Waals surface area contributed by atoms with E-state index >= 15 is 0 Å².